The van der Waals surface area contributed by atoms with Crippen LogP contribution in [-0.4, -0.2) is 53.6 Å². The number of pyridine rings is 1. The number of fused-ring (bicyclic) bond motifs is 1. The third-order valence-corrected chi connectivity index (χ3v) is 5.91. The molecule has 5 rings (SSSR count). The van der Waals surface area contributed by atoms with Crippen LogP contribution in [-0.2, 0) is 11.3 Å². The molecule has 0 unspecified atom stereocenters. The summed E-state index contributed by atoms with van der Waals surface area (Å²) in [5, 5.41) is 17.3. The lowest BCUT2D eigenvalue weighted by Crippen LogP contribution is -2.26. The van der Waals surface area contributed by atoms with Crippen LogP contribution in [0.25, 0.3) is 22.3 Å². The Kier molecular flexibility index (Phi) is 4.73. The molecular weight excluding hydrogens is 396 g/mol. The fraction of sp³-hybridized carbons (Fsp3) is 0.545. The molecule has 9 nitrogen and oxygen atoms in total. The highest BCUT2D eigenvalue weighted by Gasteiger charge is 2.31. The molecule has 9 heteroatoms. The number of carbonyl (C=O) groups is 1. The summed E-state index contributed by atoms with van der Waals surface area (Å²) in [5.41, 5.74) is 2.43. The number of aromatic nitrogens is 5. The van der Waals surface area contributed by atoms with Gasteiger partial charge in [0.25, 0.3) is 0 Å². The van der Waals surface area contributed by atoms with Crippen LogP contribution in [0.5, 0.6) is 5.88 Å². The largest absolute Gasteiger partial charge is 0.473 e. The first kappa shape index (κ1) is 20.0. The van der Waals surface area contributed by atoms with E-state index >= 15 is 0 Å². The number of nitrogens with zero attached hydrogens (tertiary/aromatic N) is 5. The van der Waals surface area contributed by atoms with E-state index in [9.17, 15) is 9.90 Å². The van der Waals surface area contributed by atoms with Gasteiger partial charge in [-0.15, -0.1) is 0 Å². The smallest absolute Gasteiger partial charge is 0.241 e. The molecule has 3 aromatic rings. The first-order chi connectivity index (χ1) is 14.8. The summed E-state index contributed by atoms with van der Waals surface area (Å²) in [7, 11) is 0. The summed E-state index contributed by atoms with van der Waals surface area (Å²) in [4.78, 5) is 21.1. The fourth-order valence-corrected chi connectivity index (χ4v) is 4.10. The molecule has 1 saturated carbocycles. The van der Waals surface area contributed by atoms with Gasteiger partial charge in [0.05, 0.1) is 35.9 Å². The van der Waals surface area contributed by atoms with Crippen molar-refractivity contribution in [2.75, 3.05) is 6.54 Å². The maximum Gasteiger partial charge on any atom is 0.241 e. The maximum absolute atomic E-state index is 11.7. The van der Waals surface area contributed by atoms with Gasteiger partial charge >= 0.3 is 0 Å². The highest BCUT2D eigenvalue weighted by atomic mass is 16.5. The molecule has 1 saturated heterocycles. The van der Waals surface area contributed by atoms with Crippen molar-refractivity contribution in [3.05, 3.63) is 24.8 Å². The third kappa shape index (κ3) is 4.14. The quantitative estimate of drug-likeness (QED) is 0.603. The van der Waals surface area contributed by atoms with E-state index < -0.39 is 5.60 Å². The molecule has 2 N–H and O–H groups in total. The molecule has 0 aromatic carbocycles. The lowest BCUT2D eigenvalue weighted by molar-refractivity contribution is -0.119. The second-order valence-electron chi connectivity index (χ2n) is 9.39. The minimum absolute atomic E-state index is 0.0644. The van der Waals surface area contributed by atoms with Crippen LogP contribution in [0.1, 0.15) is 46.1 Å². The van der Waals surface area contributed by atoms with Crippen molar-refractivity contribution in [2.45, 2.75) is 64.3 Å². The van der Waals surface area contributed by atoms with Crippen LogP contribution in [0, 0.1) is 5.92 Å². The maximum atomic E-state index is 11.7. The first-order valence-electron chi connectivity index (χ1n) is 10.8. The van der Waals surface area contributed by atoms with Crippen LogP contribution < -0.4 is 10.1 Å². The first-order valence-corrected chi connectivity index (χ1v) is 10.8. The van der Waals surface area contributed by atoms with Gasteiger partial charge in [0.15, 0.2) is 0 Å². The average Bonchev–Trinajstić information content (AvgIpc) is 3.09. The number of hydrogen-bond donors (Lipinski definition) is 2. The summed E-state index contributed by atoms with van der Waals surface area (Å²) in [5.74, 6) is 0.716. The lowest BCUT2D eigenvalue weighted by atomic mass is 10.0. The van der Waals surface area contributed by atoms with E-state index in [-0.39, 0.29) is 17.9 Å². The summed E-state index contributed by atoms with van der Waals surface area (Å²) >= 11 is 0. The molecule has 1 aliphatic carbocycles. The molecule has 0 radical (unpaired) electrons. The topological polar surface area (TPSA) is 107 Å². The molecular formula is C22H28N6O3. The van der Waals surface area contributed by atoms with E-state index in [4.69, 9.17) is 9.72 Å². The van der Waals surface area contributed by atoms with Crippen molar-refractivity contribution in [3.8, 4) is 17.1 Å². The highest BCUT2D eigenvalue weighted by molar-refractivity contribution is 5.84. The number of ether oxygens (including phenoxy) is 1. The molecule has 1 amide bonds. The molecule has 31 heavy (non-hydrogen) atoms. The van der Waals surface area contributed by atoms with Crippen LogP contribution in [0.4, 0.5) is 0 Å². The SMILES string of the molecule is C[C@@H](Oc1nc(-c2cnn(CC(C)(C)O)c2)cc2ncn(C3CC3)c12)[C@H]1CNC(=O)C1. The van der Waals surface area contributed by atoms with E-state index in [2.05, 4.69) is 20.0 Å². The number of hydrogen-bond acceptors (Lipinski definition) is 6. The number of imidazole rings is 1. The second kappa shape index (κ2) is 7.33. The number of nitrogens with one attached hydrogen (secondary N) is 1. The molecule has 0 bridgehead atoms. The van der Waals surface area contributed by atoms with Crippen molar-refractivity contribution in [3.63, 3.8) is 0 Å². The van der Waals surface area contributed by atoms with Crippen LogP contribution in [0.2, 0.25) is 0 Å². The average molecular weight is 425 g/mol. The Labute approximate surface area is 180 Å². The van der Waals surface area contributed by atoms with Gasteiger partial charge in [-0.1, -0.05) is 0 Å². The van der Waals surface area contributed by atoms with Crippen LogP contribution in [0.3, 0.4) is 0 Å². The van der Waals surface area contributed by atoms with Crippen LogP contribution >= 0.6 is 0 Å². The highest BCUT2D eigenvalue weighted by Crippen LogP contribution is 2.40. The van der Waals surface area contributed by atoms with Crippen molar-refractivity contribution >= 4 is 16.9 Å². The zero-order chi connectivity index (χ0) is 21.8. The predicted molar refractivity (Wildman–Crippen MR) is 115 cm³/mol. The summed E-state index contributed by atoms with van der Waals surface area (Å²) in [6, 6.07) is 2.40. The Morgan fingerprint density at radius 3 is 2.87 bits per heavy atom. The normalized spacial score (nSPS) is 20.3. The van der Waals surface area contributed by atoms with Gasteiger partial charge in [-0.25, -0.2) is 9.97 Å². The van der Waals surface area contributed by atoms with Gasteiger partial charge in [0, 0.05) is 36.7 Å². The number of amides is 1. The summed E-state index contributed by atoms with van der Waals surface area (Å²) in [6.07, 6.45) is 8.05. The predicted octanol–water partition coefficient (Wildman–Crippen LogP) is 2.30. The molecule has 4 heterocycles. The molecule has 2 fully saturated rings. The molecule has 164 valence electrons. The summed E-state index contributed by atoms with van der Waals surface area (Å²) < 4.78 is 10.2. The van der Waals surface area contributed by atoms with Crippen molar-refractivity contribution in [2.24, 2.45) is 5.92 Å². The van der Waals surface area contributed by atoms with Gasteiger partial charge < -0.3 is 19.7 Å². The van der Waals surface area contributed by atoms with Gasteiger partial charge in [-0.3, -0.25) is 9.48 Å². The van der Waals surface area contributed by atoms with E-state index in [1.54, 1.807) is 24.7 Å². The zero-order valence-electron chi connectivity index (χ0n) is 18.1. The second-order valence-corrected chi connectivity index (χ2v) is 9.39. The standard InChI is InChI=1S/C22H28N6O3/c1-13(14-6-19(29)23-8-14)31-21-20-18(24-12-28(20)16-4-5-16)7-17(26-21)15-9-25-27(10-15)11-22(2,3)30/h7,9-10,12-14,16,30H,4-6,8,11H2,1-3H3,(H,23,29)/t13-,14-/m1/s1. The Morgan fingerprint density at radius 1 is 1.39 bits per heavy atom. The van der Waals surface area contributed by atoms with Crippen molar-refractivity contribution in [1.29, 1.82) is 0 Å². The molecule has 0 spiro atoms. The Balaban J connectivity index is 1.51. The fourth-order valence-electron chi connectivity index (χ4n) is 4.10. The number of aliphatic hydroxyl groups is 1. The molecule has 1 aliphatic heterocycles. The summed E-state index contributed by atoms with van der Waals surface area (Å²) in [6.45, 7) is 6.49. The minimum atomic E-state index is -0.861. The van der Waals surface area contributed by atoms with Gasteiger partial charge in [-0.05, 0) is 39.7 Å². The van der Waals surface area contributed by atoms with E-state index in [1.807, 2.05) is 25.5 Å². The minimum Gasteiger partial charge on any atom is -0.473 e. The number of rotatable bonds is 7. The number of carbonyl (C=O) groups excluding carboxylic acids is 1. The molecule has 2 atom stereocenters. The molecule has 2 aliphatic rings. The lowest BCUT2D eigenvalue weighted by Gasteiger charge is -2.20. The zero-order valence-corrected chi connectivity index (χ0v) is 18.1. The van der Waals surface area contributed by atoms with Crippen molar-refractivity contribution in [1.82, 2.24) is 29.6 Å². The van der Waals surface area contributed by atoms with E-state index in [0.29, 0.717) is 31.4 Å². The van der Waals surface area contributed by atoms with E-state index in [1.165, 1.54) is 0 Å². The Hall–Kier alpha value is -2.94. The van der Waals surface area contributed by atoms with Gasteiger partial charge in [0.2, 0.25) is 11.8 Å². The van der Waals surface area contributed by atoms with E-state index in [0.717, 1.165) is 35.1 Å². The van der Waals surface area contributed by atoms with Gasteiger partial charge in [-0.2, -0.15) is 5.10 Å². The monoisotopic (exact) mass is 424 g/mol. The van der Waals surface area contributed by atoms with Crippen molar-refractivity contribution < 1.29 is 14.6 Å². The van der Waals surface area contributed by atoms with Crippen LogP contribution in [0.15, 0.2) is 24.8 Å². The third-order valence-electron chi connectivity index (χ3n) is 5.91. The van der Waals surface area contributed by atoms with Gasteiger partial charge in [0.1, 0.15) is 11.6 Å². The Bertz CT molecular complexity index is 1120. The Morgan fingerprint density at radius 2 is 2.19 bits per heavy atom. The molecule has 3 aromatic heterocycles.